The van der Waals surface area contributed by atoms with Crippen LogP contribution in [0.3, 0.4) is 0 Å². The molecule has 0 bridgehead atoms. The fourth-order valence-corrected chi connectivity index (χ4v) is 1.71. The molecule has 0 atom stereocenters. The van der Waals surface area contributed by atoms with Crippen molar-refractivity contribution in [3.63, 3.8) is 0 Å². The number of nitrogens with one attached hydrogen (secondary N) is 1. The number of anilines is 1. The van der Waals surface area contributed by atoms with Crippen LogP contribution in [0.5, 0.6) is 0 Å². The monoisotopic (exact) mass is 266 g/mol. The van der Waals surface area contributed by atoms with Crippen LogP contribution in [-0.2, 0) is 0 Å². The first-order chi connectivity index (χ1) is 9.04. The largest absolute Gasteiger partial charge is 0.370 e. The van der Waals surface area contributed by atoms with Gasteiger partial charge in [0.05, 0.1) is 10.5 Å². The van der Waals surface area contributed by atoms with Crippen molar-refractivity contribution in [1.29, 1.82) is 0 Å². The maximum absolute atomic E-state index is 12.3. The van der Waals surface area contributed by atoms with E-state index < -0.39 is 4.92 Å². The van der Waals surface area contributed by atoms with E-state index in [9.17, 15) is 14.9 Å². The van der Waals surface area contributed by atoms with E-state index in [1.165, 1.54) is 6.07 Å². The number of amides is 1. The Kier molecular flexibility index (Phi) is 5.23. The molecule has 0 unspecified atom stereocenters. The molecule has 1 heterocycles. The minimum Gasteiger partial charge on any atom is -0.370 e. The van der Waals surface area contributed by atoms with Crippen molar-refractivity contribution in [1.82, 2.24) is 9.88 Å². The maximum atomic E-state index is 12.3. The Labute approximate surface area is 111 Å². The van der Waals surface area contributed by atoms with Crippen LogP contribution < -0.4 is 5.32 Å². The first kappa shape index (κ1) is 14.9. The number of hydrogen-bond acceptors (Lipinski definition) is 5. The zero-order valence-electron chi connectivity index (χ0n) is 11.3. The predicted molar refractivity (Wildman–Crippen MR) is 72.3 cm³/mol. The van der Waals surface area contributed by atoms with E-state index >= 15 is 0 Å². The molecule has 0 fully saturated rings. The molecule has 0 aliphatic heterocycles. The summed E-state index contributed by atoms with van der Waals surface area (Å²) < 4.78 is 0. The Morgan fingerprint density at radius 2 is 2.05 bits per heavy atom. The summed E-state index contributed by atoms with van der Waals surface area (Å²) in [4.78, 5) is 28.1. The molecular formula is C12H18N4O3. The number of carbonyl (C=O) groups is 1. The minimum atomic E-state index is -0.554. The number of carbonyl (C=O) groups excluding carboxylic acids is 1. The molecular weight excluding hydrogens is 248 g/mol. The Morgan fingerprint density at radius 3 is 2.53 bits per heavy atom. The lowest BCUT2D eigenvalue weighted by Gasteiger charge is -2.19. The predicted octanol–water partition coefficient (Wildman–Crippen LogP) is 1.90. The van der Waals surface area contributed by atoms with Gasteiger partial charge in [0.1, 0.15) is 12.0 Å². The van der Waals surface area contributed by atoms with Crippen LogP contribution in [0.25, 0.3) is 0 Å². The van der Waals surface area contributed by atoms with Crippen molar-refractivity contribution >= 4 is 17.4 Å². The fourth-order valence-electron chi connectivity index (χ4n) is 1.71. The number of pyridine rings is 1. The van der Waals surface area contributed by atoms with Gasteiger partial charge in [0, 0.05) is 25.7 Å². The van der Waals surface area contributed by atoms with Crippen LogP contribution in [0.4, 0.5) is 11.5 Å². The van der Waals surface area contributed by atoms with Crippen molar-refractivity contribution in [3.05, 3.63) is 27.9 Å². The van der Waals surface area contributed by atoms with E-state index in [0.717, 1.165) is 6.20 Å². The number of nitro groups is 1. The summed E-state index contributed by atoms with van der Waals surface area (Å²) in [6.07, 6.45) is 1.15. The molecule has 0 aromatic carbocycles. The van der Waals surface area contributed by atoms with Gasteiger partial charge in [-0.3, -0.25) is 14.9 Å². The van der Waals surface area contributed by atoms with Gasteiger partial charge < -0.3 is 10.2 Å². The molecule has 104 valence electrons. The lowest BCUT2D eigenvalue weighted by Crippen LogP contribution is -2.31. The quantitative estimate of drug-likeness (QED) is 0.627. The Hall–Kier alpha value is -2.18. The van der Waals surface area contributed by atoms with Crippen LogP contribution in [0.2, 0.25) is 0 Å². The molecule has 0 aliphatic carbocycles. The third-order valence-electron chi connectivity index (χ3n) is 2.71. The highest BCUT2D eigenvalue weighted by Crippen LogP contribution is 2.20. The average Bonchev–Trinajstić information content (AvgIpc) is 2.40. The van der Waals surface area contributed by atoms with Gasteiger partial charge in [-0.25, -0.2) is 4.98 Å². The second kappa shape index (κ2) is 6.67. The van der Waals surface area contributed by atoms with Gasteiger partial charge in [-0.2, -0.15) is 0 Å². The molecule has 7 nitrogen and oxygen atoms in total. The van der Waals surface area contributed by atoms with E-state index in [2.05, 4.69) is 10.3 Å². The maximum Gasteiger partial charge on any atom is 0.288 e. The standard InChI is InChI=1S/C12H18N4O3/c1-4-13-11-10(12(17)15(5-2)6-3)7-9(8-14-11)16(18)19/h7-8H,4-6H2,1-3H3,(H,13,14). The molecule has 1 rings (SSSR count). The van der Waals surface area contributed by atoms with Crippen LogP contribution in [0.1, 0.15) is 31.1 Å². The molecule has 0 aliphatic rings. The highest BCUT2D eigenvalue weighted by atomic mass is 16.6. The molecule has 1 aromatic rings. The zero-order chi connectivity index (χ0) is 14.4. The van der Waals surface area contributed by atoms with Gasteiger partial charge in [-0.05, 0) is 20.8 Å². The van der Waals surface area contributed by atoms with Gasteiger partial charge in [0.15, 0.2) is 0 Å². The first-order valence-electron chi connectivity index (χ1n) is 6.22. The lowest BCUT2D eigenvalue weighted by molar-refractivity contribution is -0.385. The van der Waals surface area contributed by atoms with Gasteiger partial charge in [0.25, 0.3) is 11.6 Å². The van der Waals surface area contributed by atoms with Crippen molar-refractivity contribution in [2.45, 2.75) is 20.8 Å². The van der Waals surface area contributed by atoms with Crippen molar-refractivity contribution < 1.29 is 9.72 Å². The molecule has 0 radical (unpaired) electrons. The van der Waals surface area contributed by atoms with E-state index in [1.807, 2.05) is 20.8 Å². The summed E-state index contributed by atoms with van der Waals surface area (Å²) >= 11 is 0. The van der Waals surface area contributed by atoms with Crippen molar-refractivity contribution in [3.8, 4) is 0 Å². The minimum absolute atomic E-state index is 0.183. The Bertz CT molecular complexity index is 472. The Balaban J connectivity index is 3.23. The second-order valence-electron chi connectivity index (χ2n) is 3.85. The first-order valence-corrected chi connectivity index (χ1v) is 6.22. The third kappa shape index (κ3) is 3.40. The summed E-state index contributed by atoms with van der Waals surface area (Å²) in [5.74, 6) is 0.127. The molecule has 1 amide bonds. The third-order valence-corrected chi connectivity index (χ3v) is 2.71. The number of aromatic nitrogens is 1. The highest BCUT2D eigenvalue weighted by molar-refractivity contribution is 5.99. The smallest absolute Gasteiger partial charge is 0.288 e. The highest BCUT2D eigenvalue weighted by Gasteiger charge is 2.21. The number of rotatable bonds is 6. The molecule has 0 saturated carbocycles. The van der Waals surface area contributed by atoms with E-state index in [-0.39, 0.29) is 17.2 Å². The zero-order valence-corrected chi connectivity index (χ0v) is 11.3. The normalized spacial score (nSPS) is 10.1. The number of hydrogen-bond donors (Lipinski definition) is 1. The van der Waals surface area contributed by atoms with Crippen molar-refractivity contribution in [2.75, 3.05) is 25.0 Å². The molecule has 19 heavy (non-hydrogen) atoms. The van der Waals surface area contributed by atoms with Crippen LogP contribution >= 0.6 is 0 Å². The molecule has 1 aromatic heterocycles. The van der Waals surface area contributed by atoms with E-state index in [1.54, 1.807) is 4.90 Å². The fraction of sp³-hybridized carbons (Fsp3) is 0.500. The molecule has 1 N–H and O–H groups in total. The molecule has 7 heteroatoms. The van der Waals surface area contributed by atoms with Crippen LogP contribution in [0, 0.1) is 10.1 Å². The molecule has 0 saturated heterocycles. The van der Waals surface area contributed by atoms with Crippen molar-refractivity contribution in [2.24, 2.45) is 0 Å². The summed E-state index contributed by atoms with van der Waals surface area (Å²) in [6, 6.07) is 1.27. The van der Waals surface area contributed by atoms with Gasteiger partial charge in [0.2, 0.25) is 0 Å². The summed E-state index contributed by atoms with van der Waals surface area (Å²) in [6.45, 7) is 7.27. The molecule has 0 spiro atoms. The van der Waals surface area contributed by atoms with E-state index in [4.69, 9.17) is 0 Å². The van der Waals surface area contributed by atoms with Gasteiger partial charge >= 0.3 is 0 Å². The second-order valence-corrected chi connectivity index (χ2v) is 3.85. The SMILES string of the molecule is CCNc1ncc([N+](=O)[O-])cc1C(=O)N(CC)CC. The topological polar surface area (TPSA) is 88.4 Å². The van der Waals surface area contributed by atoms with Crippen LogP contribution in [0.15, 0.2) is 12.3 Å². The number of nitrogens with zero attached hydrogens (tertiary/aromatic N) is 3. The summed E-state index contributed by atoms with van der Waals surface area (Å²) in [5, 5.41) is 13.7. The van der Waals surface area contributed by atoms with Gasteiger partial charge in [-0.15, -0.1) is 0 Å². The lowest BCUT2D eigenvalue weighted by atomic mass is 10.2. The van der Waals surface area contributed by atoms with E-state index in [0.29, 0.717) is 25.5 Å². The Morgan fingerprint density at radius 1 is 1.42 bits per heavy atom. The summed E-state index contributed by atoms with van der Waals surface area (Å²) in [7, 11) is 0. The summed E-state index contributed by atoms with van der Waals surface area (Å²) in [5.41, 5.74) is 0.0527. The van der Waals surface area contributed by atoms with Gasteiger partial charge in [-0.1, -0.05) is 0 Å². The van der Waals surface area contributed by atoms with Crippen LogP contribution in [-0.4, -0.2) is 40.3 Å². The average molecular weight is 266 g/mol.